The Morgan fingerprint density at radius 1 is 1.29 bits per heavy atom. The van der Waals surface area contributed by atoms with Gasteiger partial charge in [0.25, 0.3) is 0 Å². The number of epoxide rings is 1. The van der Waals surface area contributed by atoms with Crippen LogP contribution in [-0.4, -0.2) is 38.0 Å². The summed E-state index contributed by atoms with van der Waals surface area (Å²) in [6.07, 6.45) is 0.456. The molecule has 3 unspecified atom stereocenters. The standard InChI is InChI=1S/C13H17NO3/c1-9(14-6-10-7-15-10)13-8-16-11-4-2-3-5-12(11)17-13/h2-5,9-10,13-14H,6-8H2,1H3. The zero-order valence-corrected chi connectivity index (χ0v) is 9.89. The number of fused-ring (bicyclic) bond motifs is 1. The van der Waals surface area contributed by atoms with Crippen molar-refractivity contribution in [3.8, 4) is 11.5 Å². The first-order valence-corrected chi connectivity index (χ1v) is 6.06. The van der Waals surface area contributed by atoms with Crippen LogP contribution < -0.4 is 14.8 Å². The molecule has 0 spiro atoms. The Hall–Kier alpha value is -1.26. The van der Waals surface area contributed by atoms with Crippen molar-refractivity contribution in [3.63, 3.8) is 0 Å². The zero-order valence-electron chi connectivity index (χ0n) is 9.89. The third-order valence-corrected chi connectivity index (χ3v) is 3.16. The lowest BCUT2D eigenvalue weighted by molar-refractivity contribution is 0.0663. The van der Waals surface area contributed by atoms with E-state index in [9.17, 15) is 0 Å². The van der Waals surface area contributed by atoms with Gasteiger partial charge in [-0.2, -0.15) is 0 Å². The molecule has 2 heterocycles. The van der Waals surface area contributed by atoms with Gasteiger partial charge in [-0.15, -0.1) is 0 Å². The van der Waals surface area contributed by atoms with Crippen molar-refractivity contribution in [3.05, 3.63) is 24.3 Å². The van der Waals surface area contributed by atoms with Crippen LogP contribution in [-0.2, 0) is 4.74 Å². The van der Waals surface area contributed by atoms with Crippen molar-refractivity contribution in [2.45, 2.75) is 25.2 Å². The molecule has 0 aromatic heterocycles. The van der Waals surface area contributed by atoms with E-state index >= 15 is 0 Å². The quantitative estimate of drug-likeness (QED) is 0.796. The molecule has 0 bridgehead atoms. The zero-order chi connectivity index (χ0) is 11.7. The number of nitrogens with one attached hydrogen (secondary N) is 1. The summed E-state index contributed by atoms with van der Waals surface area (Å²) in [4.78, 5) is 0. The molecule has 0 saturated carbocycles. The van der Waals surface area contributed by atoms with Crippen LogP contribution in [0.4, 0.5) is 0 Å². The van der Waals surface area contributed by atoms with Crippen molar-refractivity contribution in [2.75, 3.05) is 19.8 Å². The Labute approximate surface area is 101 Å². The van der Waals surface area contributed by atoms with Crippen LogP contribution in [0.25, 0.3) is 0 Å². The maximum Gasteiger partial charge on any atom is 0.161 e. The average molecular weight is 235 g/mol. The largest absolute Gasteiger partial charge is 0.486 e. The highest BCUT2D eigenvalue weighted by Crippen LogP contribution is 2.31. The molecule has 2 aliphatic rings. The minimum atomic E-state index is 0.0589. The van der Waals surface area contributed by atoms with Gasteiger partial charge in [0.05, 0.1) is 12.7 Å². The van der Waals surface area contributed by atoms with Gasteiger partial charge in [0.15, 0.2) is 11.5 Å². The van der Waals surface area contributed by atoms with E-state index in [4.69, 9.17) is 14.2 Å². The number of ether oxygens (including phenoxy) is 3. The fourth-order valence-corrected chi connectivity index (χ4v) is 1.92. The van der Waals surface area contributed by atoms with E-state index in [1.165, 1.54) is 0 Å². The SMILES string of the molecule is CC(NCC1CO1)C1COc2ccccc2O1. The second-order valence-electron chi connectivity index (χ2n) is 4.57. The van der Waals surface area contributed by atoms with Crippen molar-refractivity contribution in [1.29, 1.82) is 0 Å². The van der Waals surface area contributed by atoms with Gasteiger partial charge in [0, 0.05) is 12.6 Å². The van der Waals surface area contributed by atoms with Gasteiger partial charge >= 0.3 is 0 Å². The third-order valence-electron chi connectivity index (χ3n) is 3.16. The number of hydrogen-bond donors (Lipinski definition) is 1. The van der Waals surface area contributed by atoms with Crippen LogP contribution in [0.5, 0.6) is 11.5 Å². The molecular formula is C13H17NO3. The summed E-state index contributed by atoms with van der Waals surface area (Å²) < 4.78 is 16.8. The van der Waals surface area contributed by atoms with E-state index in [0.29, 0.717) is 12.7 Å². The topological polar surface area (TPSA) is 43.0 Å². The third kappa shape index (κ3) is 2.53. The molecule has 1 aromatic carbocycles. The van der Waals surface area contributed by atoms with Crippen molar-refractivity contribution in [1.82, 2.24) is 5.32 Å². The van der Waals surface area contributed by atoms with E-state index < -0.39 is 0 Å². The van der Waals surface area contributed by atoms with Crippen LogP contribution in [0.3, 0.4) is 0 Å². The molecule has 4 heteroatoms. The monoisotopic (exact) mass is 235 g/mol. The van der Waals surface area contributed by atoms with E-state index in [2.05, 4.69) is 12.2 Å². The average Bonchev–Trinajstić information content (AvgIpc) is 3.19. The summed E-state index contributed by atoms with van der Waals surface area (Å²) in [5.41, 5.74) is 0. The van der Waals surface area contributed by atoms with Gasteiger partial charge in [0.1, 0.15) is 12.7 Å². The molecule has 17 heavy (non-hydrogen) atoms. The Morgan fingerprint density at radius 3 is 2.82 bits per heavy atom. The summed E-state index contributed by atoms with van der Waals surface area (Å²) in [6, 6.07) is 8.04. The van der Waals surface area contributed by atoms with E-state index in [1.54, 1.807) is 0 Å². The lowest BCUT2D eigenvalue weighted by Crippen LogP contribution is -2.47. The molecule has 92 valence electrons. The summed E-state index contributed by atoms with van der Waals surface area (Å²) >= 11 is 0. The molecule has 0 radical (unpaired) electrons. The summed E-state index contributed by atoms with van der Waals surface area (Å²) in [7, 11) is 0. The van der Waals surface area contributed by atoms with Gasteiger partial charge in [-0.1, -0.05) is 12.1 Å². The molecule has 1 aromatic rings. The predicted molar refractivity (Wildman–Crippen MR) is 63.6 cm³/mol. The van der Waals surface area contributed by atoms with Gasteiger partial charge in [-0.05, 0) is 19.1 Å². The van der Waals surface area contributed by atoms with Crippen molar-refractivity contribution < 1.29 is 14.2 Å². The lowest BCUT2D eigenvalue weighted by Gasteiger charge is -2.30. The van der Waals surface area contributed by atoms with Crippen LogP contribution >= 0.6 is 0 Å². The Kier molecular flexibility index (Phi) is 2.91. The van der Waals surface area contributed by atoms with E-state index in [0.717, 1.165) is 24.7 Å². The van der Waals surface area contributed by atoms with Crippen molar-refractivity contribution >= 4 is 0 Å². The summed E-state index contributed by atoms with van der Waals surface area (Å²) in [5, 5.41) is 3.42. The second kappa shape index (κ2) is 4.55. The van der Waals surface area contributed by atoms with Crippen LogP contribution in [0.2, 0.25) is 0 Å². The minimum Gasteiger partial charge on any atom is -0.486 e. The second-order valence-corrected chi connectivity index (χ2v) is 4.57. The number of para-hydroxylation sites is 2. The van der Waals surface area contributed by atoms with Crippen molar-refractivity contribution in [2.24, 2.45) is 0 Å². The first-order valence-electron chi connectivity index (χ1n) is 6.06. The maximum absolute atomic E-state index is 5.92. The molecule has 1 N–H and O–H groups in total. The number of hydrogen-bond acceptors (Lipinski definition) is 4. The lowest BCUT2D eigenvalue weighted by atomic mass is 10.1. The fourth-order valence-electron chi connectivity index (χ4n) is 1.92. The molecule has 1 saturated heterocycles. The minimum absolute atomic E-state index is 0.0589. The fraction of sp³-hybridized carbons (Fsp3) is 0.538. The first-order chi connectivity index (χ1) is 8.33. The number of rotatable bonds is 4. The maximum atomic E-state index is 5.92. The Morgan fingerprint density at radius 2 is 2.06 bits per heavy atom. The van der Waals surface area contributed by atoms with E-state index in [-0.39, 0.29) is 12.1 Å². The van der Waals surface area contributed by atoms with Gasteiger partial charge in [-0.3, -0.25) is 0 Å². The molecule has 0 aliphatic carbocycles. The first kappa shape index (κ1) is 10.9. The van der Waals surface area contributed by atoms with E-state index in [1.807, 2.05) is 24.3 Å². The Balaban J connectivity index is 1.58. The predicted octanol–water partition coefficient (Wildman–Crippen LogP) is 1.20. The molecule has 3 rings (SSSR count). The highest BCUT2D eigenvalue weighted by atomic mass is 16.6. The molecule has 1 fully saturated rings. The molecule has 2 aliphatic heterocycles. The molecule has 4 nitrogen and oxygen atoms in total. The van der Waals surface area contributed by atoms with Crippen LogP contribution in [0.15, 0.2) is 24.3 Å². The molecular weight excluding hydrogens is 218 g/mol. The van der Waals surface area contributed by atoms with Gasteiger partial charge < -0.3 is 19.5 Å². The molecule has 0 amide bonds. The van der Waals surface area contributed by atoms with Gasteiger partial charge in [-0.25, -0.2) is 0 Å². The Bertz CT molecular complexity index is 392. The summed E-state index contributed by atoms with van der Waals surface area (Å²) in [6.45, 7) is 4.48. The summed E-state index contributed by atoms with van der Waals surface area (Å²) in [5.74, 6) is 1.67. The molecule has 3 atom stereocenters. The smallest absolute Gasteiger partial charge is 0.161 e. The highest BCUT2D eigenvalue weighted by Gasteiger charge is 2.28. The normalized spacial score (nSPS) is 27.6. The highest BCUT2D eigenvalue weighted by molar-refractivity contribution is 5.40. The number of benzene rings is 1. The van der Waals surface area contributed by atoms with Crippen LogP contribution in [0, 0.1) is 0 Å². The van der Waals surface area contributed by atoms with Crippen LogP contribution in [0.1, 0.15) is 6.92 Å². The van der Waals surface area contributed by atoms with Gasteiger partial charge in [0.2, 0.25) is 0 Å².